The van der Waals surface area contributed by atoms with Gasteiger partial charge in [-0.25, -0.2) is 0 Å². The normalized spacial score (nSPS) is 31.6. The van der Waals surface area contributed by atoms with Gasteiger partial charge in [0.25, 0.3) is 0 Å². The third kappa shape index (κ3) is 4.59. The van der Waals surface area contributed by atoms with Crippen molar-refractivity contribution in [1.29, 1.82) is 0 Å². The maximum absolute atomic E-state index is 6.19. The fraction of sp³-hybridized carbons (Fsp3) is 1.00. The van der Waals surface area contributed by atoms with Gasteiger partial charge in [0.15, 0.2) is 0 Å². The Morgan fingerprint density at radius 1 is 0.882 bits per heavy atom. The summed E-state index contributed by atoms with van der Waals surface area (Å²) >= 11 is 0. The Hall–Kier alpha value is -0.0800. The predicted molar refractivity (Wildman–Crippen MR) is 71.9 cm³/mol. The van der Waals surface area contributed by atoms with E-state index in [2.05, 4.69) is 0 Å². The standard InChI is InChI=1S/C15H29NO/c16-15-8-4-3-7-14(15)6-2-1-5-13-9-11-17-12-10-13/h13-15H,1-12,16H2. The van der Waals surface area contributed by atoms with E-state index in [1.165, 1.54) is 64.2 Å². The molecule has 1 aliphatic carbocycles. The molecule has 2 nitrogen and oxygen atoms in total. The third-order valence-electron chi connectivity index (χ3n) is 4.75. The van der Waals surface area contributed by atoms with Crippen LogP contribution in [-0.2, 0) is 4.74 Å². The Bertz CT molecular complexity index is 201. The minimum Gasteiger partial charge on any atom is -0.381 e. The zero-order valence-electron chi connectivity index (χ0n) is 11.2. The van der Waals surface area contributed by atoms with E-state index < -0.39 is 0 Å². The van der Waals surface area contributed by atoms with Crippen LogP contribution in [0, 0.1) is 11.8 Å². The molecule has 0 aromatic carbocycles. The molecule has 1 aliphatic heterocycles. The van der Waals surface area contributed by atoms with Gasteiger partial charge >= 0.3 is 0 Å². The molecule has 0 aromatic rings. The molecule has 2 aliphatic rings. The third-order valence-corrected chi connectivity index (χ3v) is 4.75. The fourth-order valence-corrected chi connectivity index (χ4v) is 3.47. The number of hydrogen-bond donors (Lipinski definition) is 1. The fourth-order valence-electron chi connectivity index (χ4n) is 3.47. The predicted octanol–water partition coefficient (Wildman–Crippen LogP) is 3.49. The smallest absolute Gasteiger partial charge is 0.0468 e. The Kier molecular flexibility index (Phi) is 5.79. The van der Waals surface area contributed by atoms with Gasteiger partial charge in [-0.3, -0.25) is 0 Å². The molecule has 2 N–H and O–H groups in total. The largest absolute Gasteiger partial charge is 0.381 e. The molecule has 0 aromatic heterocycles. The minimum absolute atomic E-state index is 0.506. The minimum atomic E-state index is 0.506. The summed E-state index contributed by atoms with van der Waals surface area (Å²) in [7, 11) is 0. The first-order chi connectivity index (χ1) is 8.36. The first-order valence-electron chi connectivity index (χ1n) is 7.69. The van der Waals surface area contributed by atoms with Crippen LogP contribution in [0.5, 0.6) is 0 Å². The lowest BCUT2D eigenvalue weighted by molar-refractivity contribution is 0.0629. The lowest BCUT2D eigenvalue weighted by Crippen LogP contribution is -2.32. The van der Waals surface area contributed by atoms with Crippen LogP contribution in [0.3, 0.4) is 0 Å². The van der Waals surface area contributed by atoms with Crippen LogP contribution < -0.4 is 5.73 Å². The molecule has 17 heavy (non-hydrogen) atoms. The second-order valence-electron chi connectivity index (χ2n) is 6.05. The number of nitrogens with two attached hydrogens (primary N) is 1. The first kappa shape index (κ1) is 13.4. The molecule has 0 spiro atoms. The average molecular weight is 239 g/mol. The van der Waals surface area contributed by atoms with E-state index in [1.807, 2.05) is 0 Å². The summed E-state index contributed by atoms with van der Waals surface area (Å²) < 4.78 is 5.40. The van der Waals surface area contributed by atoms with E-state index in [-0.39, 0.29) is 0 Å². The van der Waals surface area contributed by atoms with E-state index in [9.17, 15) is 0 Å². The Morgan fingerprint density at radius 3 is 2.35 bits per heavy atom. The molecule has 0 bridgehead atoms. The van der Waals surface area contributed by atoms with Gasteiger partial charge in [0.2, 0.25) is 0 Å². The van der Waals surface area contributed by atoms with E-state index in [4.69, 9.17) is 10.5 Å². The van der Waals surface area contributed by atoms with Crippen LogP contribution in [0.2, 0.25) is 0 Å². The van der Waals surface area contributed by atoms with Gasteiger partial charge in [-0.15, -0.1) is 0 Å². The van der Waals surface area contributed by atoms with Crippen molar-refractivity contribution >= 4 is 0 Å². The molecule has 2 rings (SSSR count). The molecule has 2 atom stereocenters. The van der Waals surface area contributed by atoms with Crippen molar-refractivity contribution in [1.82, 2.24) is 0 Å². The van der Waals surface area contributed by atoms with Crippen LogP contribution in [0.1, 0.15) is 64.2 Å². The molecule has 1 heterocycles. The van der Waals surface area contributed by atoms with Crippen LogP contribution in [-0.4, -0.2) is 19.3 Å². The van der Waals surface area contributed by atoms with Crippen LogP contribution in [0.25, 0.3) is 0 Å². The van der Waals surface area contributed by atoms with E-state index in [0.717, 1.165) is 25.0 Å². The number of unbranched alkanes of at least 4 members (excludes halogenated alkanes) is 1. The van der Waals surface area contributed by atoms with E-state index >= 15 is 0 Å². The zero-order chi connectivity index (χ0) is 11.9. The molecule has 2 heteroatoms. The summed E-state index contributed by atoms with van der Waals surface area (Å²) in [4.78, 5) is 0. The highest BCUT2D eigenvalue weighted by Gasteiger charge is 2.21. The second-order valence-corrected chi connectivity index (χ2v) is 6.05. The number of rotatable bonds is 5. The highest BCUT2D eigenvalue weighted by atomic mass is 16.5. The van der Waals surface area contributed by atoms with Gasteiger partial charge in [0, 0.05) is 19.3 Å². The van der Waals surface area contributed by atoms with Gasteiger partial charge in [-0.2, -0.15) is 0 Å². The molecule has 100 valence electrons. The summed E-state index contributed by atoms with van der Waals surface area (Å²) in [5.41, 5.74) is 6.19. The molecule has 1 saturated heterocycles. The van der Waals surface area contributed by atoms with Crippen LogP contribution >= 0.6 is 0 Å². The summed E-state index contributed by atoms with van der Waals surface area (Å²) in [6.45, 7) is 2.00. The summed E-state index contributed by atoms with van der Waals surface area (Å²) in [6, 6.07) is 0.506. The molecular formula is C15H29NO. The van der Waals surface area contributed by atoms with Crippen LogP contribution in [0.4, 0.5) is 0 Å². The van der Waals surface area contributed by atoms with E-state index in [0.29, 0.717) is 6.04 Å². The van der Waals surface area contributed by atoms with Crippen LogP contribution in [0.15, 0.2) is 0 Å². The van der Waals surface area contributed by atoms with E-state index in [1.54, 1.807) is 0 Å². The molecule has 2 unspecified atom stereocenters. The molecule has 1 saturated carbocycles. The summed E-state index contributed by atoms with van der Waals surface area (Å²) in [6.07, 6.45) is 13.6. The lowest BCUT2D eigenvalue weighted by atomic mass is 9.81. The van der Waals surface area contributed by atoms with Gasteiger partial charge in [0.05, 0.1) is 0 Å². The van der Waals surface area contributed by atoms with Crippen molar-refractivity contribution < 1.29 is 4.74 Å². The Labute approximate surface area is 106 Å². The quantitative estimate of drug-likeness (QED) is 0.745. The maximum atomic E-state index is 6.19. The zero-order valence-corrected chi connectivity index (χ0v) is 11.2. The van der Waals surface area contributed by atoms with Gasteiger partial charge in [-0.05, 0) is 43.9 Å². The molecule has 0 radical (unpaired) electrons. The SMILES string of the molecule is NC1CCCCC1CCCCC1CCOCC1. The Morgan fingerprint density at radius 2 is 1.59 bits per heavy atom. The molecule has 2 fully saturated rings. The van der Waals surface area contributed by atoms with Crippen molar-refractivity contribution in [3.8, 4) is 0 Å². The maximum Gasteiger partial charge on any atom is 0.0468 e. The van der Waals surface area contributed by atoms with Gasteiger partial charge in [0.1, 0.15) is 0 Å². The van der Waals surface area contributed by atoms with Crippen molar-refractivity contribution in [3.63, 3.8) is 0 Å². The van der Waals surface area contributed by atoms with Crippen molar-refractivity contribution in [2.75, 3.05) is 13.2 Å². The Balaban J connectivity index is 1.53. The first-order valence-corrected chi connectivity index (χ1v) is 7.69. The molecule has 0 amide bonds. The summed E-state index contributed by atoms with van der Waals surface area (Å²) in [5, 5.41) is 0. The molecular weight excluding hydrogens is 210 g/mol. The van der Waals surface area contributed by atoms with Gasteiger partial charge < -0.3 is 10.5 Å². The lowest BCUT2D eigenvalue weighted by Gasteiger charge is -2.28. The van der Waals surface area contributed by atoms with Crippen molar-refractivity contribution in [2.45, 2.75) is 70.3 Å². The topological polar surface area (TPSA) is 35.2 Å². The van der Waals surface area contributed by atoms with Crippen molar-refractivity contribution in [3.05, 3.63) is 0 Å². The summed E-state index contributed by atoms with van der Waals surface area (Å²) in [5.74, 6) is 1.78. The van der Waals surface area contributed by atoms with Crippen molar-refractivity contribution in [2.24, 2.45) is 17.6 Å². The second kappa shape index (κ2) is 7.38. The number of ether oxygens (including phenoxy) is 1. The highest BCUT2D eigenvalue weighted by Crippen LogP contribution is 2.28. The van der Waals surface area contributed by atoms with Gasteiger partial charge in [-0.1, -0.05) is 32.1 Å². The average Bonchev–Trinajstić information content (AvgIpc) is 2.38. The number of hydrogen-bond acceptors (Lipinski definition) is 2. The monoisotopic (exact) mass is 239 g/mol. The highest BCUT2D eigenvalue weighted by molar-refractivity contribution is 4.77.